The first-order chi connectivity index (χ1) is 8.84. The monoisotopic (exact) mass is 244 g/mol. The molecule has 96 valence electrons. The standard InChI is InChI=1S/C15H20N2O/c16-14-6-1-4-13(12-14)5-2-9-17-10-8-15-7-3-11-18-15/h1,3-4,6-7,11-12,17H,2,5,8-10,16H2. The Bertz CT molecular complexity index is 451. The normalized spacial score (nSPS) is 10.7. The summed E-state index contributed by atoms with van der Waals surface area (Å²) in [4.78, 5) is 0. The van der Waals surface area contributed by atoms with Gasteiger partial charge >= 0.3 is 0 Å². The third-order valence-corrected chi connectivity index (χ3v) is 2.90. The second-order valence-corrected chi connectivity index (χ2v) is 4.43. The van der Waals surface area contributed by atoms with Gasteiger partial charge in [0, 0.05) is 18.7 Å². The highest BCUT2D eigenvalue weighted by Crippen LogP contribution is 2.08. The van der Waals surface area contributed by atoms with E-state index in [2.05, 4.69) is 11.4 Å². The van der Waals surface area contributed by atoms with Crippen molar-refractivity contribution < 1.29 is 4.42 Å². The highest BCUT2D eigenvalue weighted by molar-refractivity contribution is 5.40. The van der Waals surface area contributed by atoms with Crippen LogP contribution >= 0.6 is 0 Å². The molecule has 0 amide bonds. The average molecular weight is 244 g/mol. The van der Waals surface area contributed by atoms with Crippen LogP contribution in [0.3, 0.4) is 0 Å². The Morgan fingerprint density at radius 1 is 1.06 bits per heavy atom. The second kappa shape index (κ2) is 6.87. The molecule has 0 fully saturated rings. The zero-order chi connectivity index (χ0) is 12.6. The molecule has 0 bridgehead atoms. The lowest BCUT2D eigenvalue weighted by Gasteiger charge is -2.04. The van der Waals surface area contributed by atoms with Crippen LogP contribution in [0.15, 0.2) is 47.1 Å². The van der Waals surface area contributed by atoms with E-state index in [1.807, 2.05) is 30.3 Å². The maximum absolute atomic E-state index is 5.74. The molecule has 1 aromatic heterocycles. The van der Waals surface area contributed by atoms with Gasteiger partial charge in [0.2, 0.25) is 0 Å². The third kappa shape index (κ3) is 4.26. The molecule has 0 saturated carbocycles. The molecular formula is C15H20N2O. The van der Waals surface area contributed by atoms with E-state index in [9.17, 15) is 0 Å². The van der Waals surface area contributed by atoms with Crippen LogP contribution in [-0.2, 0) is 12.8 Å². The molecule has 0 atom stereocenters. The Hall–Kier alpha value is -1.74. The molecule has 1 aromatic carbocycles. The fourth-order valence-electron chi connectivity index (χ4n) is 1.96. The summed E-state index contributed by atoms with van der Waals surface area (Å²) >= 11 is 0. The molecule has 3 nitrogen and oxygen atoms in total. The Morgan fingerprint density at radius 2 is 2.00 bits per heavy atom. The number of nitrogen functional groups attached to an aromatic ring is 1. The number of hydrogen-bond acceptors (Lipinski definition) is 3. The molecule has 3 N–H and O–H groups in total. The number of aryl methyl sites for hydroxylation is 1. The van der Waals surface area contributed by atoms with E-state index in [-0.39, 0.29) is 0 Å². The van der Waals surface area contributed by atoms with Crippen molar-refractivity contribution in [3.05, 3.63) is 54.0 Å². The van der Waals surface area contributed by atoms with E-state index in [0.29, 0.717) is 0 Å². The molecule has 0 aliphatic rings. The first-order valence-corrected chi connectivity index (χ1v) is 6.42. The van der Waals surface area contributed by atoms with Crippen molar-refractivity contribution in [3.8, 4) is 0 Å². The van der Waals surface area contributed by atoms with E-state index in [1.165, 1.54) is 5.56 Å². The van der Waals surface area contributed by atoms with Gasteiger partial charge in [0.05, 0.1) is 6.26 Å². The minimum atomic E-state index is 0.846. The summed E-state index contributed by atoms with van der Waals surface area (Å²) in [6.07, 6.45) is 4.86. The third-order valence-electron chi connectivity index (χ3n) is 2.90. The van der Waals surface area contributed by atoms with E-state index in [4.69, 9.17) is 10.2 Å². The lowest BCUT2D eigenvalue weighted by molar-refractivity contribution is 0.498. The average Bonchev–Trinajstić information content (AvgIpc) is 2.87. The lowest BCUT2D eigenvalue weighted by Crippen LogP contribution is -2.18. The van der Waals surface area contributed by atoms with Gasteiger partial charge in [0.25, 0.3) is 0 Å². The number of rotatable bonds is 7. The van der Waals surface area contributed by atoms with Gasteiger partial charge in [0.1, 0.15) is 5.76 Å². The molecule has 0 aliphatic heterocycles. The molecule has 0 radical (unpaired) electrons. The van der Waals surface area contributed by atoms with Gasteiger partial charge in [-0.1, -0.05) is 12.1 Å². The van der Waals surface area contributed by atoms with Crippen molar-refractivity contribution in [1.29, 1.82) is 0 Å². The fraction of sp³-hybridized carbons (Fsp3) is 0.333. The summed E-state index contributed by atoms with van der Waals surface area (Å²) in [7, 11) is 0. The Balaban J connectivity index is 1.56. The Labute approximate surface area is 108 Å². The number of nitrogens with one attached hydrogen (secondary N) is 1. The molecule has 0 spiro atoms. The number of nitrogens with two attached hydrogens (primary N) is 1. The van der Waals surface area contributed by atoms with Crippen LogP contribution in [0.2, 0.25) is 0 Å². The summed E-state index contributed by atoms with van der Waals surface area (Å²) in [5.41, 5.74) is 7.89. The first kappa shape index (κ1) is 12.7. The largest absolute Gasteiger partial charge is 0.469 e. The van der Waals surface area contributed by atoms with E-state index < -0.39 is 0 Å². The summed E-state index contributed by atoms with van der Waals surface area (Å²) < 4.78 is 5.27. The number of benzene rings is 1. The molecule has 3 heteroatoms. The topological polar surface area (TPSA) is 51.2 Å². The lowest BCUT2D eigenvalue weighted by atomic mass is 10.1. The van der Waals surface area contributed by atoms with Crippen molar-refractivity contribution in [2.24, 2.45) is 0 Å². The van der Waals surface area contributed by atoms with E-state index in [1.54, 1.807) is 6.26 Å². The number of hydrogen-bond donors (Lipinski definition) is 2. The SMILES string of the molecule is Nc1cccc(CCCNCCc2ccco2)c1. The predicted molar refractivity (Wildman–Crippen MR) is 74.5 cm³/mol. The zero-order valence-electron chi connectivity index (χ0n) is 10.6. The van der Waals surface area contributed by atoms with Gasteiger partial charge < -0.3 is 15.5 Å². The highest BCUT2D eigenvalue weighted by Gasteiger charge is 1.96. The van der Waals surface area contributed by atoms with Crippen molar-refractivity contribution in [1.82, 2.24) is 5.32 Å². The molecule has 2 aromatic rings. The molecule has 18 heavy (non-hydrogen) atoms. The van der Waals surface area contributed by atoms with Crippen molar-refractivity contribution in [2.45, 2.75) is 19.3 Å². The maximum atomic E-state index is 5.74. The molecule has 1 heterocycles. The number of anilines is 1. The molecule has 0 unspecified atom stereocenters. The van der Waals surface area contributed by atoms with Gasteiger partial charge in [0.15, 0.2) is 0 Å². The van der Waals surface area contributed by atoms with Crippen LogP contribution < -0.4 is 11.1 Å². The minimum absolute atomic E-state index is 0.846. The quantitative estimate of drug-likeness (QED) is 0.581. The number of furan rings is 1. The van der Waals surface area contributed by atoms with Crippen LogP contribution in [-0.4, -0.2) is 13.1 Å². The first-order valence-electron chi connectivity index (χ1n) is 6.42. The van der Waals surface area contributed by atoms with Gasteiger partial charge in [-0.25, -0.2) is 0 Å². The van der Waals surface area contributed by atoms with Crippen LogP contribution in [0.1, 0.15) is 17.7 Å². The molecule has 0 aliphatic carbocycles. The summed E-state index contributed by atoms with van der Waals surface area (Å²) in [5, 5.41) is 3.42. The summed E-state index contributed by atoms with van der Waals surface area (Å²) in [6, 6.07) is 12.0. The second-order valence-electron chi connectivity index (χ2n) is 4.43. The van der Waals surface area contributed by atoms with Crippen LogP contribution in [0.5, 0.6) is 0 Å². The van der Waals surface area contributed by atoms with E-state index >= 15 is 0 Å². The van der Waals surface area contributed by atoms with Gasteiger partial charge in [-0.2, -0.15) is 0 Å². The molecular weight excluding hydrogens is 224 g/mol. The molecule has 0 saturated heterocycles. The molecule has 2 rings (SSSR count). The van der Waals surface area contributed by atoms with Gasteiger partial charge in [-0.15, -0.1) is 0 Å². The Kier molecular flexibility index (Phi) is 4.85. The summed E-state index contributed by atoms with van der Waals surface area (Å²) in [6.45, 7) is 1.99. The van der Waals surface area contributed by atoms with E-state index in [0.717, 1.165) is 43.8 Å². The zero-order valence-corrected chi connectivity index (χ0v) is 10.6. The Morgan fingerprint density at radius 3 is 2.78 bits per heavy atom. The predicted octanol–water partition coefficient (Wildman–Crippen LogP) is 2.63. The van der Waals surface area contributed by atoms with Crippen molar-refractivity contribution in [2.75, 3.05) is 18.8 Å². The summed E-state index contributed by atoms with van der Waals surface area (Å²) in [5.74, 6) is 1.04. The maximum Gasteiger partial charge on any atom is 0.105 e. The van der Waals surface area contributed by atoms with Crippen LogP contribution in [0.4, 0.5) is 5.69 Å². The van der Waals surface area contributed by atoms with Crippen molar-refractivity contribution in [3.63, 3.8) is 0 Å². The van der Waals surface area contributed by atoms with Crippen LogP contribution in [0, 0.1) is 0 Å². The fourth-order valence-corrected chi connectivity index (χ4v) is 1.96. The van der Waals surface area contributed by atoms with Crippen LogP contribution in [0.25, 0.3) is 0 Å². The van der Waals surface area contributed by atoms with Crippen molar-refractivity contribution >= 4 is 5.69 Å². The van der Waals surface area contributed by atoms with Gasteiger partial charge in [-0.05, 0) is 49.2 Å². The highest BCUT2D eigenvalue weighted by atomic mass is 16.3. The minimum Gasteiger partial charge on any atom is -0.469 e. The smallest absolute Gasteiger partial charge is 0.105 e. The van der Waals surface area contributed by atoms with Gasteiger partial charge in [-0.3, -0.25) is 0 Å².